The van der Waals surface area contributed by atoms with Crippen molar-refractivity contribution in [2.75, 3.05) is 11.9 Å². The van der Waals surface area contributed by atoms with Crippen LogP contribution in [0.2, 0.25) is 0 Å². The zero-order valence-corrected chi connectivity index (χ0v) is 18.7. The van der Waals surface area contributed by atoms with Gasteiger partial charge in [-0.05, 0) is 34.2 Å². The third-order valence-electron chi connectivity index (χ3n) is 4.73. The van der Waals surface area contributed by atoms with Crippen molar-refractivity contribution in [2.24, 2.45) is 5.92 Å². The maximum Gasteiger partial charge on any atom is 0.511 e. The Kier molecular flexibility index (Phi) is 8.97. The van der Waals surface area contributed by atoms with Crippen LogP contribution in [-0.2, 0) is 25.2 Å². The molecule has 9 heteroatoms. The van der Waals surface area contributed by atoms with Crippen LogP contribution in [-0.4, -0.2) is 29.6 Å². The summed E-state index contributed by atoms with van der Waals surface area (Å²) in [5.41, 5.74) is 8.27. The summed E-state index contributed by atoms with van der Waals surface area (Å²) in [6.07, 6.45) is -1.87. The van der Waals surface area contributed by atoms with Gasteiger partial charge in [-0.25, -0.2) is 4.79 Å². The minimum Gasteiger partial charge on any atom is -0.481 e. The average molecular weight is 447 g/mol. The van der Waals surface area contributed by atoms with E-state index in [0.29, 0.717) is 16.8 Å². The molecule has 8 nitrogen and oxygen atoms in total. The van der Waals surface area contributed by atoms with Crippen LogP contribution < -0.4 is 11.1 Å². The zero-order valence-electron chi connectivity index (χ0n) is 17.8. The van der Waals surface area contributed by atoms with Crippen molar-refractivity contribution in [3.05, 3.63) is 65.2 Å². The van der Waals surface area contributed by atoms with Crippen molar-refractivity contribution >= 4 is 25.8 Å². The lowest BCUT2D eigenvalue weighted by molar-refractivity contribution is -0.138. The molecule has 0 aliphatic carbocycles. The van der Waals surface area contributed by atoms with Crippen LogP contribution in [0.15, 0.2) is 48.5 Å². The summed E-state index contributed by atoms with van der Waals surface area (Å²) in [5, 5.41) is 12.2. The molecule has 0 bridgehead atoms. The fourth-order valence-electron chi connectivity index (χ4n) is 2.87. The Morgan fingerprint density at radius 3 is 2.42 bits per heavy atom. The number of nitrogens with one attached hydrogen (secondary N) is 1. The van der Waals surface area contributed by atoms with Gasteiger partial charge in [0.25, 0.3) is 0 Å². The van der Waals surface area contributed by atoms with Gasteiger partial charge in [-0.1, -0.05) is 56.3 Å². The fourth-order valence-corrected chi connectivity index (χ4v) is 4.16. The number of aliphatic carboxylic acids is 1. The Hall–Kier alpha value is -2.96. The highest BCUT2D eigenvalue weighted by molar-refractivity contribution is 7.39. The lowest BCUT2D eigenvalue weighted by atomic mass is 9.95. The molecule has 0 saturated carbocycles. The number of anilines is 1. The van der Waals surface area contributed by atoms with Crippen LogP contribution in [0.3, 0.4) is 0 Å². The standard InChI is InChI=1S/C22H27N2O6P/c1-14(2)20(24-22(27)29-12-16-8-5-4-6-9-16)30-31(28)13-18(21(25)26)17-10-7-11-19(23)15(17)3/h4-11,14,18,20H,12-13,23H2,1-3H3,(H-,24,25,26,27)/p+1. The van der Waals surface area contributed by atoms with Gasteiger partial charge in [0.05, 0.1) is 0 Å². The number of carboxylic acids is 1. The molecule has 0 spiro atoms. The number of carboxylic acid groups (broad SMARTS) is 1. The molecule has 1 amide bonds. The summed E-state index contributed by atoms with van der Waals surface area (Å²) in [4.78, 5) is 23.9. The fraction of sp³-hybridized carbons (Fsp3) is 0.364. The Morgan fingerprint density at radius 1 is 1.13 bits per heavy atom. The van der Waals surface area contributed by atoms with Crippen LogP contribution in [0.5, 0.6) is 0 Å². The van der Waals surface area contributed by atoms with E-state index in [2.05, 4.69) is 5.32 Å². The number of amides is 1. The number of alkyl carbamates (subject to hydrolysis) is 1. The largest absolute Gasteiger partial charge is 0.511 e. The van der Waals surface area contributed by atoms with Gasteiger partial charge in [-0.3, -0.25) is 10.1 Å². The molecule has 3 atom stereocenters. The van der Waals surface area contributed by atoms with Crippen LogP contribution in [0, 0.1) is 12.8 Å². The van der Waals surface area contributed by atoms with Crippen LogP contribution in [0.25, 0.3) is 0 Å². The van der Waals surface area contributed by atoms with E-state index in [0.717, 1.165) is 5.56 Å². The summed E-state index contributed by atoms with van der Waals surface area (Å²) in [5.74, 6) is -2.40. The molecule has 0 fully saturated rings. The highest BCUT2D eigenvalue weighted by atomic mass is 31.1. The quantitative estimate of drug-likeness (QED) is 0.279. The lowest BCUT2D eigenvalue weighted by Gasteiger charge is -2.17. The van der Waals surface area contributed by atoms with Gasteiger partial charge >= 0.3 is 20.1 Å². The van der Waals surface area contributed by atoms with Gasteiger partial charge < -0.3 is 15.6 Å². The minimum absolute atomic E-state index is 0.0828. The first kappa shape index (κ1) is 24.3. The van der Waals surface area contributed by atoms with Crippen LogP contribution >= 0.6 is 8.03 Å². The molecule has 2 aromatic rings. The van der Waals surface area contributed by atoms with Gasteiger partial charge in [-0.2, -0.15) is 0 Å². The van der Waals surface area contributed by atoms with Crippen LogP contribution in [0.4, 0.5) is 10.5 Å². The van der Waals surface area contributed by atoms with E-state index in [1.165, 1.54) is 0 Å². The molecule has 2 rings (SSSR count). The van der Waals surface area contributed by atoms with Crippen molar-refractivity contribution in [1.29, 1.82) is 0 Å². The van der Waals surface area contributed by atoms with E-state index in [9.17, 15) is 19.3 Å². The van der Waals surface area contributed by atoms with Crippen molar-refractivity contribution in [3.8, 4) is 0 Å². The van der Waals surface area contributed by atoms with E-state index < -0.39 is 32.2 Å². The Bertz CT molecular complexity index is 919. The average Bonchev–Trinajstić information content (AvgIpc) is 2.73. The summed E-state index contributed by atoms with van der Waals surface area (Å²) in [7, 11) is -2.40. The van der Waals surface area contributed by atoms with Crippen molar-refractivity contribution in [1.82, 2.24) is 5.32 Å². The Balaban J connectivity index is 1.99. The highest BCUT2D eigenvalue weighted by Crippen LogP contribution is 2.35. The van der Waals surface area contributed by atoms with Gasteiger partial charge in [0, 0.05) is 11.6 Å². The molecule has 2 aromatic carbocycles. The molecule has 4 N–H and O–H groups in total. The Labute approximate surface area is 182 Å². The second-order valence-corrected chi connectivity index (χ2v) is 8.69. The number of hydrogen-bond acceptors (Lipinski definition) is 6. The summed E-state index contributed by atoms with van der Waals surface area (Å²) in [6, 6.07) is 14.2. The Morgan fingerprint density at radius 2 is 1.81 bits per heavy atom. The summed E-state index contributed by atoms with van der Waals surface area (Å²) in [6.45, 7) is 5.36. The molecular weight excluding hydrogens is 419 g/mol. The first-order valence-corrected chi connectivity index (χ1v) is 11.2. The summed E-state index contributed by atoms with van der Waals surface area (Å²) < 4.78 is 23.3. The van der Waals surface area contributed by atoms with Crippen molar-refractivity contribution in [2.45, 2.75) is 39.5 Å². The van der Waals surface area contributed by atoms with Gasteiger partial charge in [0.15, 0.2) is 12.4 Å². The number of benzene rings is 2. The molecule has 166 valence electrons. The number of hydrogen-bond donors (Lipinski definition) is 3. The maximum absolute atomic E-state index is 12.6. The first-order chi connectivity index (χ1) is 14.7. The third kappa shape index (κ3) is 7.35. The van der Waals surface area contributed by atoms with Gasteiger partial charge in [-0.15, -0.1) is 4.52 Å². The maximum atomic E-state index is 12.6. The predicted octanol–water partition coefficient (Wildman–Crippen LogP) is 4.41. The van der Waals surface area contributed by atoms with E-state index in [1.54, 1.807) is 39.0 Å². The molecule has 31 heavy (non-hydrogen) atoms. The van der Waals surface area contributed by atoms with Crippen molar-refractivity contribution < 1.29 is 28.5 Å². The smallest absolute Gasteiger partial charge is 0.481 e. The molecule has 3 unspecified atom stereocenters. The second-order valence-electron chi connectivity index (χ2n) is 7.44. The van der Waals surface area contributed by atoms with Gasteiger partial charge in [0.1, 0.15) is 12.5 Å². The summed E-state index contributed by atoms with van der Waals surface area (Å²) >= 11 is 0. The van der Waals surface area contributed by atoms with E-state index in [4.69, 9.17) is 15.0 Å². The van der Waals surface area contributed by atoms with E-state index in [-0.39, 0.29) is 18.7 Å². The number of rotatable bonds is 10. The third-order valence-corrected chi connectivity index (χ3v) is 5.86. The number of ether oxygens (including phenoxy) is 1. The van der Waals surface area contributed by atoms with Crippen molar-refractivity contribution in [3.63, 3.8) is 0 Å². The number of nitrogen functional groups attached to an aromatic ring is 1. The molecule has 0 radical (unpaired) electrons. The monoisotopic (exact) mass is 447 g/mol. The number of carbonyl (C=O) groups excluding carboxylic acids is 1. The normalized spacial score (nSPS) is 13.4. The molecule has 0 aliphatic heterocycles. The molecule has 0 aromatic heterocycles. The highest BCUT2D eigenvalue weighted by Gasteiger charge is 2.36. The van der Waals surface area contributed by atoms with E-state index >= 15 is 0 Å². The molecule has 0 aliphatic rings. The van der Waals surface area contributed by atoms with Gasteiger partial charge in [0.2, 0.25) is 0 Å². The minimum atomic E-state index is -2.40. The molecule has 0 saturated heterocycles. The lowest BCUT2D eigenvalue weighted by Crippen LogP contribution is -2.39. The topological polar surface area (TPSA) is 128 Å². The molecular formula is C22H28N2O6P+. The van der Waals surface area contributed by atoms with E-state index in [1.807, 2.05) is 30.3 Å². The number of carbonyl (C=O) groups is 2. The predicted molar refractivity (Wildman–Crippen MR) is 118 cm³/mol. The van der Waals surface area contributed by atoms with Crippen LogP contribution in [0.1, 0.15) is 36.5 Å². The second kappa shape index (κ2) is 11.4. The first-order valence-electron chi connectivity index (χ1n) is 9.85. The number of nitrogens with two attached hydrogens (primary N) is 1. The molecule has 0 heterocycles. The SMILES string of the molecule is Cc1c(N)cccc1C(C[P+](=O)OC(NC(=O)OCc1ccccc1)C(C)C)C(=O)O. The zero-order chi connectivity index (χ0) is 23.0.